The van der Waals surface area contributed by atoms with Crippen LogP contribution in [0.25, 0.3) is 5.69 Å². The average molecular weight is 283 g/mol. The van der Waals surface area contributed by atoms with E-state index in [4.69, 9.17) is 10.8 Å². The largest absolute Gasteiger partial charge is 0.475 e. The van der Waals surface area contributed by atoms with E-state index in [1.807, 2.05) is 6.07 Å². The number of aromatic carboxylic acids is 1. The topological polar surface area (TPSA) is 94.0 Å². The van der Waals surface area contributed by atoms with Gasteiger partial charge >= 0.3 is 5.97 Å². The van der Waals surface area contributed by atoms with Gasteiger partial charge in [0.25, 0.3) is 5.82 Å². The SMILES string of the molecule is Nc1nc(C(=O)O)nn1-c1cccc(Br)c1. The number of carboxylic acid groups (broad SMARTS) is 1. The summed E-state index contributed by atoms with van der Waals surface area (Å²) < 4.78 is 2.12. The number of carbonyl (C=O) groups is 1. The molecule has 0 atom stereocenters. The van der Waals surface area contributed by atoms with Crippen LogP contribution in [0.3, 0.4) is 0 Å². The van der Waals surface area contributed by atoms with Crippen LogP contribution in [0.1, 0.15) is 10.6 Å². The van der Waals surface area contributed by atoms with Crippen LogP contribution in [0.15, 0.2) is 28.7 Å². The van der Waals surface area contributed by atoms with Crippen molar-refractivity contribution in [2.24, 2.45) is 0 Å². The normalized spacial score (nSPS) is 10.3. The molecule has 0 spiro atoms. The Labute approximate surface area is 98.8 Å². The zero-order valence-electron chi connectivity index (χ0n) is 7.96. The molecule has 1 heterocycles. The number of nitrogen functional groups attached to an aromatic ring is 1. The smallest absolute Gasteiger partial charge is 0.375 e. The van der Waals surface area contributed by atoms with Gasteiger partial charge in [-0.3, -0.25) is 0 Å². The van der Waals surface area contributed by atoms with Gasteiger partial charge in [-0.15, -0.1) is 5.10 Å². The Morgan fingerprint density at radius 3 is 2.81 bits per heavy atom. The van der Waals surface area contributed by atoms with Crippen LogP contribution in [0.2, 0.25) is 0 Å². The van der Waals surface area contributed by atoms with Crippen molar-refractivity contribution in [3.63, 3.8) is 0 Å². The Morgan fingerprint density at radius 1 is 1.50 bits per heavy atom. The molecule has 0 amide bonds. The first-order valence-electron chi connectivity index (χ1n) is 4.29. The van der Waals surface area contributed by atoms with Crippen molar-refractivity contribution in [2.45, 2.75) is 0 Å². The number of carboxylic acids is 1. The van der Waals surface area contributed by atoms with Crippen LogP contribution in [0, 0.1) is 0 Å². The van der Waals surface area contributed by atoms with Crippen LogP contribution >= 0.6 is 15.9 Å². The van der Waals surface area contributed by atoms with Crippen LogP contribution in [-0.2, 0) is 0 Å². The van der Waals surface area contributed by atoms with Crippen LogP contribution in [0.5, 0.6) is 0 Å². The third-order valence-corrected chi connectivity index (χ3v) is 2.37. The van der Waals surface area contributed by atoms with Crippen molar-refractivity contribution in [1.82, 2.24) is 14.8 Å². The molecule has 7 heteroatoms. The summed E-state index contributed by atoms with van der Waals surface area (Å²) >= 11 is 3.30. The molecule has 0 aliphatic carbocycles. The van der Waals surface area contributed by atoms with Gasteiger partial charge in [-0.05, 0) is 18.2 Å². The van der Waals surface area contributed by atoms with Crippen molar-refractivity contribution in [1.29, 1.82) is 0 Å². The molecule has 3 N–H and O–H groups in total. The predicted molar refractivity (Wildman–Crippen MR) is 60.4 cm³/mol. The monoisotopic (exact) mass is 282 g/mol. The number of nitrogens with two attached hydrogens (primary N) is 1. The minimum Gasteiger partial charge on any atom is -0.475 e. The van der Waals surface area contributed by atoms with Crippen LogP contribution in [0.4, 0.5) is 5.95 Å². The van der Waals surface area contributed by atoms with Crippen molar-refractivity contribution in [2.75, 3.05) is 5.73 Å². The van der Waals surface area contributed by atoms with Gasteiger partial charge < -0.3 is 10.8 Å². The second-order valence-corrected chi connectivity index (χ2v) is 3.91. The van der Waals surface area contributed by atoms with E-state index < -0.39 is 5.97 Å². The zero-order valence-corrected chi connectivity index (χ0v) is 9.55. The lowest BCUT2D eigenvalue weighted by atomic mass is 10.3. The number of aromatic nitrogens is 3. The van der Waals surface area contributed by atoms with Crippen molar-refractivity contribution < 1.29 is 9.90 Å². The highest BCUT2D eigenvalue weighted by molar-refractivity contribution is 9.10. The summed E-state index contributed by atoms with van der Waals surface area (Å²) in [7, 11) is 0. The van der Waals surface area contributed by atoms with E-state index in [-0.39, 0.29) is 11.8 Å². The fraction of sp³-hybridized carbons (Fsp3) is 0. The van der Waals surface area contributed by atoms with E-state index >= 15 is 0 Å². The van der Waals surface area contributed by atoms with Crippen molar-refractivity contribution in [3.8, 4) is 5.69 Å². The summed E-state index contributed by atoms with van der Waals surface area (Å²) in [5.41, 5.74) is 6.22. The Bertz CT molecular complexity index is 552. The number of hydrogen-bond acceptors (Lipinski definition) is 4. The zero-order chi connectivity index (χ0) is 11.7. The highest BCUT2D eigenvalue weighted by Crippen LogP contribution is 2.16. The molecule has 0 radical (unpaired) electrons. The Balaban J connectivity index is 2.52. The van der Waals surface area contributed by atoms with Crippen molar-refractivity contribution in [3.05, 3.63) is 34.6 Å². The third-order valence-electron chi connectivity index (χ3n) is 1.88. The van der Waals surface area contributed by atoms with E-state index in [1.165, 1.54) is 4.68 Å². The molecule has 0 aliphatic heterocycles. The number of anilines is 1. The molecule has 0 saturated carbocycles. The molecule has 2 rings (SSSR count). The number of rotatable bonds is 2. The number of benzene rings is 1. The Kier molecular flexibility index (Phi) is 2.61. The van der Waals surface area contributed by atoms with Gasteiger partial charge in [0.2, 0.25) is 5.95 Å². The molecule has 0 fully saturated rings. The summed E-state index contributed by atoms with van der Waals surface area (Å²) in [6.07, 6.45) is 0. The quantitative estimate of drug-likeness (QED) is 0.866. The van der Waals surface area contributed by atoms with Gasteiger partial charge in [-0.25, -0.2) is 4.79 Å². The molecule has 82 valence electrons. The van der Waals surface area contributed by atoms with E-state index in [0.717, 1.165) is 4.47 Å². The lowest BCUT2D eigenvalue weighted by Crippen LogP contribution is -2.03. The summed E-state index contributed by atoms with van der Waals surface area (Å²) in [4.78, 5) is 14.3. The van der Waals surface area contributed by atoms with Crippen molar-refractivity contribution >= 4 is 27.8 Å². The van der Waals surface area contributed by atoms with Gasteiger partial charge in [0.15, 0.2) is 0 Å². The Morgan fingerprint density at radius 2 is 2.25 bits per heavy atom. The van der Waals surface area contributed by atoms with E-state index in [1.54, 1.807) is 18.2 Å². The average Bonchev–Trinajstić information content (AvgIpc) is 2.60. The summed E-state index contributed by atoms with van der Waals surface area (Å²) in [6, 6.07) is 7.15. The lowest BCUT2D eigenvalue weighted by Gasteiger charge is -2.01. The second-order valence-electron chi connectivity index (χ2n) is 2.99. The molecular formula is C9H7BrN4O2. The minimum absolute atomic E-state index is 0.0375. The lowest BCUT2D eigenvalue weighted by molar-refractivity contribution is 0.0683. The molecule has 16 heavy (non-hydrogen) atoms. The molecule has 0 unspecified atom stereocenters. The first-order valence-corrected chi connectivity index (χ1v) is 5.09. The van der Waals surface area contributed by atoms with Gasteiger partial charge in [-0.1, -0.05) is 22.0 Å². The van der Waals surface area contributed by atoms with Crippen LogP contribution in [-0.4, -0.2) is 25.8 Å². The minimum atomic E-state index is -1.21. The molecule has 1 aromatic carbocycles. The molecule has 0 saturated heterocycles. The molecular weight excluding hydrogens is 276 g/mol. The third kappa shape index (κ3) is 1.89. The molecule has 2 aromatic rings. The van der Waals surface area contributed by atoms with E-state index in [9.17, 15) is 4.79 Å². The van der Waals surface area contributed by atoms with Crippen LogP contribution < -0.4 is 5.73 Å². The number of nitrogens with zero attached hydrogens (tertiary/aromatic N) is 3. The van der Waals surface area contributed by atoms with E-state index in [2.05, 4.69) is 26.0 Å². The first-order chi connectivity index (χ1) is 7.58. The van der Waals surface area contributed by atoms with Gasteiger partial charge in [0.05, 0.1) is 5.69 Å². The summed E-state index contributed by atoms with van der Waals surface area (Å²) in [5, 5.41) is 12.5. The standard InChI is InChI=1S/C9H7BrN4O2/c10-5-2-1-3-6(4-5)14-9(11)12-7(13-14)8(15)16/h1-4H,(H,15,16)(H2,11,12,13). The van der Waals surface area contributed by atoms with Gasteiger partial charge in [-0.2, -0.15) is 9.67 Å². The van der Waals surface area contributed by atoms with E-state index in [0.29, 0.717) is 5.69 Å². The summed E-state index contributed by atoms with van der Waals surface area (Å²) in [5.74, 6) is -1.49. The number of halogens is 1. The number of hydrogen-bond donors (Lipinski definition) is 2. The maximum atomic E-state index is 10.7. The molecule has 1 aromatic heterocycles. The highest BCUT2D eigenvalue weighted by atomic mass is 79.9. The fourth-order valence-corrected chi connectivity index (χ4v) is 1.60. The summed E-state index contributed by atoms with van der Waals surface area (Å²) in [6.45, 7) is 0. The predicted octanol–water partition coefficient (Wildman–Crippen LogP) is 1.31. The molecule has 6 nitrogen and oxygen atoms in total. The van der Waals surface area contributed by atoms with Gasteiger partial charge in [0, 0.05) is 4.47 Å². The fourth-order valence-electron chi connectivity index (χ4n) is 1.21. The maximum Gasteiger partial charge on any atom is 0.375 e. The molecule has 0 bridgehead atoms. The first kappa shape index (κ1) is 10.6. The molecule has 0 aliphatic rings. The van der Waals surface area contributed by atoms with Gasteiger partial charge in [0.1, 0.15) is 0 Å². The highest BCUT2D eigenvalue weighted by Gasteiger charge is 2.14. The maximum absolute atomic E-state index is 10.7. The Hall–Kier alpha value is -1.89. The second kappa shape index (κ2) is 3.93.